The highest BCUT2D eigenvalue weighted by molar-refractivity contribution is 4.93. The van der Waals surface area contributed by atoms with Gasteiger partial charge in [-0.25, -0.2) is 0 Å². The lowest BCUT2D eigenvalue weighted by Gasteiger charge is -2.47. The van der Waals surface area contributed by atoms with Crippen LogP contribution in [0.4, 0.5) is 0 Å². The van der Waals surface area contributed by atoms with Crippen LogP contribution in [0.1, 0.15) is 46.5 Å². The van der Waals surface area contributed by atoms with Crippen LogP contribution in [0, 0.1) is 11.3 Å². The number of methoxy groups -OCH3 is 1. The van der Waals surface area contributed by atoms with E-state index in [4.69, 9.17) is 4.74 Å². The van der Waals surface area contributed by atoms with Crippen LogP contribution >= 0.6 is 0 Å². The fraction of sp³-hybridized carbons (Fsp3) is 1.00. The van der Waals surface area contributed by atoms with E-state index in [0.717, 1.165) is 12.5 Å². The molecule has 0 aromatic heterocycles. The summed E-state index contributed by atoms with van der Waals surface area (Å²) in [5, 5.41) is 3.60. The van der Waals surface area contributed by atoms with Gasteiger partial charge in [0.2, 0.25) is 0 Å². The molecule has 0 aliphatic heterocycles. The fourth-order valence-electron chi connectivity index (χ4n) is 2.48. The Morgan fingerprint density at radius 2 is 1.93 bits per heavy atom. The molecule has 1 unspecified atom stereocenters. The number of ether oxygens (including phenoxy) is 1. The molecule has 1 fully saturated rings. The molecule has 0 aromatic rings. The largest absolute Gasteiger partial charge is 0.385 e. The van der Waals surface area contributed by atoms with Crippen LogP contribution in [0.15, 0.2) is 0 Å². The van der Waals surface area contributed by atoms with Crippen molar-refractivity contribution in [1.29, 1.82) is 0 Å². The second-order valence-electron chi connectivity index (χ2n) is 5.43. The minimum Gasteiger partial charge on any atom is -0.385 e. The van der Waals surface area contributed by atoms with E-state index in [1.807, 2.05) is 0 Å². The van der Waals surface area contributed by atoms with Gasteiger partial charge in [0.25, 0.3) is 0 Å². The molecule has 1 aliphatic carbocycles. The van der Waals surface area contributed by atoms with E-state index in [-0.39, 0.29) is 0 Å². The van der Waals surface area contributed by atoms with Crippen LogP contribution in [-0.4, -0.2) is 26.3 Å². The van der Waals surface area contributed by atoms with E-state index in [1.54, 1.807) is 7.11 Å². The predicted molar refractivity (Wildman–Crippen MR) is 65.1 cm³/mol. The average Bonchev–Trinajstić information content (AvgIpc) is 2.12. The summed E-state index contributed by atoms with van der Waals surface area (Å²) in [6.07, 6.45) is 5.42. The number of rotatable bonds is 7. The SMILES string of the molecule is COCCC(C)C1(CNC(C)C)CCC1. The van der Waals surface area contributed by atoms with E-state index in [0.29, 0.717) is 11.5 Å². The lowest BCUT2D eigenvalue weighted by atomic mass is 9.60. The second-order valence-corrected chi connectivity index (χ2v) is 5.43. The van der Waals surface area contributed by atoms with Crippen molar-refractivity contribution < 1.29 is 4.74 Å². The summed E-state index contributed by atoms with van der Waals surface area (Å²) < 4.78 is 5.18. The summed E-state index contributed by atoms with van der Waals surface area (Å²) in [6.45, 7) is 8.94. The molecular formula is C13H27NO. The Kier molecular flexibility index (Phi) is 5.07. The van der Waals surface area contributed by atoms with Gasteiger partial charge in [-0.2, -0.15) is 0 Å². The second kappa shape index (κ2) is 5.86. The van der Waals surface area contributed by atoms with Crippen molar-refractivity contribution in [1.82, 2.24) is 5.32 Å². The molecule has 2 heteroatoms. The number of nitrogens with one attached hydrogen (secondary N) is 1. The van der Waals surface area contributed by atoms with Gasteiger partial charge >= 0.3 is 0 Å². The average molecular weight is 213 g/mol. The van der Waals surface area contributed by atoms with Crippen molar-refractivity contribution in [2.24, 2.45) is 11.3 Å². The molecule has 0 heterocycles. The Balaban J connectivity index is 2.37. The normalized spacial score (nSPS) is 21.4. The Morgan fingerprint density at radius 1 is 1.27 bits per heavy atom. The molecule has 0 aromatic carbocycles. The van der Waals surface area contributed by atoms with E-state index in [2.05, 4.69) is 26.1 Å². The summed E-state index contributed by atoms with van der Waals surface area (Å²) in [5.41, 5.74) is 0.572. The van der Waals surface area contributed by atoms with Crippen LogP contribution < -0.4 is 5.32 Å². The fourth-order valence-corrected chi connectivity index (χ4v) is 2.48. The highest BCUT2D eigenvalue weighted by Gasteiger charge is 2.41. The molecule has 0 bridgehead atoms. The molecule has 1 atom stereocenters. The third-order valence-electron chi connectivity index (χ3n) is 4.01. The van der Waals surface area contributed by atoms with Gasteiger partial charge in [-0.15, -0.1) is 0 Å². The van der Waals surface area contributed by atoms with Crippen molar-refractivity contribution in [2.75, 3.05) is 20.3 Å². The predicted octanol–water partition coefficient (Wildman–Crippen LogP) is 2.83. The van der Waals surface area contributed by atoms with Gasteiger partial charge in [0, 0.05) is 26.3 Å². The molecule has 1 aliphatic rings. The van der Waals surface area contributed by atoms with E-state index >= 15 is 0 Å². The first-order valence-electron chi connectivity index (χ1n) is 6.33. The quantitative estimate of drug-likeness (QED) is 0.702. The van der Waals surface area contributed by atoms with Crippen LogP contribution in [0.25, 0.3) is 0 Å². The van der Waals surface area contributed by atoms with E-state index in [1.165, 1.54) is 32.2 Å². The third kappa shape index (κ3) is 3.46. The maximum atomic E-state index is 5.18. The molecule has 90 valence electrons. The van der Waals surface area contributed by atoms with Crippen molar-refractivity contribution in [3.8, 4) is 0 Å². The van der Waals surface area contributed by atoms with Gasteiger partial charge in [-0.05, 0) is 30.6 Å². The standard InChI is InChI=1S/C13H27NO/c1-11(2)14-10-13(7-5-8-13)12(3)6-9-15-4/h11-12,14H,5-10H2,1-4H3. The minimum atomic E-state index is 0.572. The van der Waals surface area contributed by atoms with Gasteiger partial charge in [-0.1, -0.05) is 27.2 Å². The van der Waals surface area contributed by atoms with Crippen molar-refractivity contribution in [2.45, 2.75) is 52.5 Å². The minimum absolute atomic E-state index is 0.572. The lowest BCUT2D eigenvalue weighted by molar-refractivity contribution is 0.0355. The molecule has 0 spiro atoms. The zero-order chi connectivity index (χ0) is 11.3. The first-order chi connectivity index (χ1) is 7.10. The Labute approximate surface area is 94.8 Å². The summed E-state index contributed by atoms with van der Waals surface area (Å²) in [5.74, 6) is 0.789. The maximum absolute atomic E-state index is 5.18. The molecule has 15 heavy (non-hydrogen) atoms. The molecule has 1 rings (SSSR count). The maximum Gasteiger partial charge on any atom is 0.0465 e. The van der Waals surface area contributed by atoms with Gasteiger partial charge in [-0.3, -0.25) is 0 Å². The number of hydrogen-bond acceptors (Lipinski definition) is 2. The first kappa shape index (κ1) is 13.0. The molecular weight excluding hydrogens is 186 g/mol. The Morgan fingerprint density at radius 3 is 2.33 bits per heavy atom. The summed E-state index contributed by atoms with van der Waals surface area (Å²) in [6, 6.07) is 0.608. The molecule has 2 nitrogen and oxygen atoms in total. The van der Waals surface area contributed by atoms with Crippen molar-refractivity contribution in [3.05, 3.63) is 0 Å². The zero-order valence-electron chi connectivity index (χ0n) is 10.8. The van der Waals surface area contributed by atoms with E-state index < -0.39 is 0 Å². The number of hydrogen-bond donors (Lipinski definition) is 1. The first-order valence-corrected chi connectivity index (χ1v) is 6.33. The van der Waals surface area contributed by atoms with E-state index in [9.17, 15) is 0 Å². The van der Waals surface area contributed by atoms with Crippen LogP contribution in [0.3, 0.4) is 0 Å². The molecule has 0 amide bonds. The molecule has 0 saturated heterocycles. The van der Waals surface area contributed by atoms with Crippen LogP contribution in [0.2, 0.25) is 0 Å². The van der Waals surface area contributed by atoms with Crippen molar-refractivity contribution >= 4 is 0 Å². The molecule has 0 radical (unpaired) electrons. The van der Waals surface area contributed by atoms with Gasteiger partial charge < -0.3 is 10.1 Å². The Bertz CT molecular complexity index is 175. The summed E-state index contributed by atoms with van der Waals surface area (Å²) in [7, 11) is 1.80. The van der Waals surface area contributed by atoms with Gasteiger partial charge in [0.15, 0.2) is 0 Å². The monoisotopic (exact) mass is 213 g/mol. The summed E-state index contributed by atoms with van der Waals surface area (Å²) >= 11 is 0. The van der Waals surface area contributed by atoms with Crippen LogP contribution in [0.5, 0.6) is 0 Å². The summed E-state index contributed by atoms with van der Waals surface area (Å²) in [4.78, 5) is 0. The third-order valence-corrected chi connectivity index (χ3v) is 4.01. The Hall–Kier alpha value is -0.0800. The van der Waals surface area contributed by atoms with Gasteiger partial charge in [0.1, 0.15) is 0 Å². The van der Waals surface area contributed by atoms with Crippen LogP contribution in [-0.2, 0) is 4.74 Å². The highest BCUT2D eigenvalue weighted by atomic mass is 16.5. The molecule has 1 saturated carbocycles. The van der Waals surface area contributed by atoms with Gasteiger partial charge in [0.05, 0.1) is 0 Å². The smallest absolute Gasteiger partial charge is 0.0465 e. The molecule has 1 N–H and O–H groups in total. The highest BCUT2D eigenvalue weighted by Crippen LogP contribution is 2.47. The zero-order valence-corrected chi connectivity index (χ0v) is 10.8. The lowest BCUT2D eigenvalue weighted by Crippen LogP contribution is -2.46. The van der Waals surface area contributed by atoms with Crippen molar-refractivity contribution in [3.63, 3.8) is 0 Å². The topological polar surface area (TPSA) is 21.3 Å².